The molecule has 0 bridgehead atoms. The molecule has 7 nitrogen and oxygen atoms in total. The second-order valence-corrected chi connectivity index (χ2v) is 11.8. The Labute approximate surface area is 198 Å². The van der Waals surface area contributed by atoms with Crippen LogP contribution in [0.25, 0.3) is 32.7 Å². The van der Waals surface area contributed by atoms with E-state index < -0.39 is 21.1 Å². The number of rotatable bonds is 3. The van der Waals surface area contributed by atoms with E-state index in [1.807, 2.05) is 6.92 Å². The molecule has 1 unspecified atom stereocenters. The van der Waals surface area contributed by atoms with Crippen LogP contribution in [-0.4, -0.2) is 43.1 Å². The van der Waals surface area contributed by atoms with E-state index in [1.165, 1.54) is 34.3 Å². The molecular weight excluding hydrogens is 485 g/mol. The van der Waals surface area contributed by atoms with Crippen LogP contribution in [0.4, 0.5) is 4.39 Å². The summed E-state index contributed by atoms with van der Waals surface area (Å²) in [6.07, 6.45) is 4.40. The molecule has 4 heterocycles. The van der Waals surface area contributed by atoms with Gasteiger partial charge in [-0.1, -0.05) is 17.7 Å². The van der Waals surface area contributed by atoms with Gasteiger partial charge < -0.3 is 10.2 Å². The molecule has 33 heavy (non-hydrogen) atoms. The van der Waals surface area contributed by atoms with Gasteiger partial charge in [0.2, 0.25) is 5.96 Å². The second kappa shape index (κ2) is 7.54. The van der Waals surface area contributed by atoms with Gasteiger partial charge in [-0.2, -0.15) is 0 Å². The third-order valence-electron chi connectivity index (χ3n) is 5.66. The van der Waals surface area contributed by atoms with E-state index in [-0.39, 0.29) is 11.7 Å². The summed E-state index contributed by atoms with van der Waals surface area (Å²) in [5, 5.41) is 1.17. The number of hydrogen-bond acceptors (Lipinski definition) is 7. The Morgan fingerprint density at radius 2 is 2.18 bits per heavy atom. The van der Waals surface area contributed by atoms with Crippen LogP contribution in [0.2, 0.25) is 5.02 Å². The van der Waals surface area contributed by atoms with Crippen molar-refractivity contribution in [3.8, 4) is 22.6 Å². The Kier molecular flexibility index (Phi) is 5.00. The number of pyridine rings is 1. The number of fused-ring (bicyclic) bond motifs is 1. The van der Waals surface area contributed by atoms with E-state index in [0.29, 0.717) is 42.6 Å². The highest BCUT2D eigenvalue weighted by atomic mass is 35.5. The highest BCUT2D eigenvalue weighted by molar-refractivity contribution is 7.98. The topological polar surface area (TPSA) is 97.6 Å². The minimum Gasteiger partial charge on any atom is -0.444 e. The van der Waals surface area contributed by atoms with Gasteiger partial charge in [0, 0.05) is 29.8 Å². The van der Waals surface area contributed by atoms with E-state index in [2.05, 4.69) is 20.8 Å². The molecule has 1 aliphatic heterocycles. The molecule has 0 radical (unpaired) electrons. The van der Waals surface area contributed by atoms with E-state index in [9.17, 15) is 4.21 Å². The fourth-order valence-electron chi connectivity index (χ4n) is 3.93. The number of aromatic nitrogens is 2. The monoisotopic (exact) mass is 503 g/mol. The summed E-state index contributed by atoms with van der Waals surface area (Å²) in [5.74, 6) is 4.14. The van der Waals surface area contributed by atoms with Gasteiger partial charge in [0.25, 0.3) is 0 Å². The molecule has 0 saturated heterocycles. The van der Waals surface area contributed by atoms with E-state index in [4.69, 9.17) is 21.8 Å². The molecular formula is C22H19ClFN5O2S2. The van der Waals surface area contributed by atoms with Crippen molar-refractivity contribution >= 4 is 54.6 Å². The lowest BCUT2D eigenvalue weighted by molar-refractivity contribution is 0.522. The Morgan fingerprint density at radius 3 is 2.85 bits per heavy atom. The number of hydrogen-bond donors (Lipinski definition) is 1. The third kappa shape index (κ3) is 3.49. The summed E-state index contributed by atoms with van der Waals surface area (Å²) in [4.78, 5) is 13.6. The number of aliphatic imine (C=N–C) groups is 1. The van der Waals surface area contributed by atoms with Crippen molar-refractivity contribution in [2.45, 2.75) is 12.5 Å². The number of oxazole rings is 1. The zero-order valence-corrected chi connectivity index (χ0v) is 20.1. The lowest BCUT2D eigenvalue weighted by Gasteiger charge is -2.36. The third-order valence-corrected chi connectivity index (χ3v) is 9.83. The van der Waals surface area contributed by atoms with Crippen LogP contribution in [0.1, 0.15) is 11.8 Å². The highest BCUT2D eigenvalue weighted by Crippen LogP contribution is 2.47. The molecule has 0 amide bonds. The molecule has 4 aromatic rings. The Morgan fingerprint density at radius 1 is 1.39 bits per heavy atom. The van der Waals surface area contributed by atoms with Crippen molar-refractivity contribution in [1.29, 1.82) is 0 Å². The van der Waals surface area contributed by atoms with Gasteiger partial charge in [0.1, 0.15) is 11.4 Å². The average molecular weight is 504 g/mol. The van der Waals surface area contributed by atoms with Crippen LogP contribution in [0, 0.1) is 5.82 Å². The quantitative estimate of drug-likeness (QED) is 0.414. The maximum Gasteiger partial charge on any atom is 0.203 e. The van der Waals surface area contributed by atoms with Crippen LogP contribution in [-0.2, 0) is 15.2 Å². The summed E-state index contributed by atoms with van der Waals surface area (Å²) in [6, 6.07) is 6.55. The summed E-state index contributed by atoms with van der Waals surface area (Å²) >= 11 is 8.12. The second-order valence-electron chi connectivity index (χ2n) is 8.00. The van der Waals surface area contributed by atoms with Crippen molar-refractivity contribution < 1.29 is 13.0 Å². The Balaban J connectivity index is 1.67. The summed E-state index contributed by atoms with van der Waals surface area (Å²) in [7, 11) is -1.08. The molecule has 1 aliphatic rings. The van der Waals surface area contributed by atoms with Gasteiger partial charge in [-0.05, 0) is 31.0 Å². The predicted octanol–water partition coefficient (Wildman–Crippen LogP) is 4.52. The molecule has 5 rings (SSSR count). The average Bonchev–Trinajstić information content (AvgIpc) is 3.41. The normalized spacial score (nSPS) is 23.2. The number of nitrogens with zero attached hydrogens (tertiary/aromatic N) is 4. The molecule has 1 aromatic carbocycles. The smallest absolute Gasteiger partial charge is 0.203 e. The van der Waals surface area contributed by atoms with Crippen LogP contribution in [0.3, 0.4) is 0 Å². The molecule has 0 fully saturated rings. The molecule has 11 heteroatoms. The lowest BCUT2D eigenvalue weighted by atomic mass is 10.0. The van der Waals surface area contributed by atoms with Gasteiger partial charge in [-0.15, -0.1) is 11.3 Å². The van der Waals surface area contributed by atoms with Crippen molar-refractivity contribution in [2.24, 2.45) is 10.7 Å². The number of halogens is 2. The van der Waals surface area contributed by atoms with Gasteiger partial charge in [-0.25, -0.2) is 18.6 Å². The van der Waals surface area contributed by atoms with E-state index in [0.717, 1.165) is 0 Å². The van der Waals surface area contributed by atoms with E-state index in [1.54, 1.807) is 31.4 Å². The fourth-order valence-corrected chi connectivity index (χ4v) is 7.50. The number of thiophene rings is 1. The molecule has 0 aliphatic carbocycles. The fraction of sp³-hybridized carbons (Fsp3) is 0.182. The molecule has 0 spiro atoms. The van der Waals surface area contributed by atoms with Crippen molar-refractivity contribution in [1.82, 2.24) is 14.3 Å². The summed E-state index contributed by atoms with van der Waals surface area (Å²) in [6.45, 7) is 1.83. The zero-order chi connectivity index (χ0) is 23.5. The highest BCUT2D eigenvalue weighted by Gasteiger charge is 2.40. The van der Waals surface area contributed by atoms with Crippen LogP contribution >= 0.6 is 22.9 Å². The number of guanidine groups is 1. The molecule has 3 aromatic heterocycles. The van der Waals surface area contributed by atoms with Crippen molar-refractivity contribution in [2.75, 3.05) is 12.8 Å². The first-order valence-electron chi connectivity index (χ1n) is 9.81. The van der Waals surface area contributed by atoms with Crippen LogP contribution < -0.4 is 5.73 Å². The summed E-state index contributed by atoms with van der Waals surface area (Å²) < 4.78 is 35.6. The lowest BCUT2D eigenvalue weighted by Crippen LogP contribution is -2.50. The molecule has 2 N–H and O–H groups in total. The molecule has 2 atom stereocenters. The van der Waals surface area contributed by atoms with Crippen molar-refractivity contribution in [3.63, 3.8) is 0 Å². The maximum atomic E-state index is 15.2. The minimum atomic E-state index is -2.68. The molecule has 170 valence electrons. The van der Waals surface area contributed by atoms with Gasteiger partial charge in [-0.3, -0.25) is 9.29 Å². The van der Waals surface area contributed by atoms with Crippen molar-refractivity contribution in [3.05, 3.63) is 58.8 Å². The molecule has 0 saturated carbocycles. The van der Waals surface area contributed by atoms with Gasteiger partial charge >= 0.3 is 0 Å². The largest absolute Gasteiger partial charge is 0.444 e. The first kappa shape index (κ1) is 21.9. The summed E-state index contributed by atoms with van der Waals surface area (Å²) in [5.41, 5.74) is 6.46. The predicted molar refractivity (Wildman–Crippen MR) is 132 cm³/mol. The number of benzene rings is 1. The van der Waals surface area contributed by atoms with Crippen LogP contribution in [0.5, 0.6) is 0 Å². The van der Waals surface area contributed by atoms with Crippen LogP contribution in [0.15, 0.2) is 52.5 Å². The van der Waals surface area contributed by atoms with Gasteiger partial charge in [0.05, 0.1) is 42.0 Å². The standard InChI is InChI=1S/C22H19ClFN5O2S2/c1-22(10-33(3,30)29(2)21(25)28-22)20-17(23)14-6-7-27-18(19(14)32-20)13-5-4-12(8-15(13)24)16-9-26-11-31-16/h4-9,11H,3,10H2,1-2H3,(H2,25,28)/t22-,33?/m0/s1. The minimum absolute atomic E-state index is 0.129. The maximum absolute atomic E-state index is 15.2. The first-order valence-corrected chi connectivity index (χ1v) is 12.9. The van der Waals surface area contributed by atoms with E-state index >= 15 is 4.39 Å². The Bertz CT molecular complexity index is 1530. The number of nitrogens with two attached hydrogens (primary N) is 1. The van der Waals surface area contributed by atoms with Gasteiger partial charge in [0.15, 0.2) is 12.2 Å². The SMILES string of the molecule is C=S1(=O)C[C@@](C)(c2sc3c(-c4ccc(-c5cnco5)cc4F)nccc3c2Cl)N=C(N)N1C. The zero-order valence-electron chi connectivity index (χ0n) is 17.7. The Hall–Kier alpha value is -2.95. The first-order chi connectivity index (χ1) is 15.6.